The normalized spacial score (nSPS) is 15.7. The van der Waals surface area contributed by atoms with Crippen LogP contribution in [0.2, 0.25) is 0 Å². The second-order valence-corrected chi connectivity index (χ2v) is 6.70. The van der Waals surface area contributed by atoms with E-state index in [4.69, 9.17) is 4.74 Å². The highest BCUT2D eigenvalue weighted by Gasteiger charge is 2.16. The number of piperidine rings is 1. The van der Waals surface area contributed by atoms with Crippen LogP contribution in [0.1, 0.15) is 45.9 Å². The molecule has 116 valence electrons. The molecule has 0 amide bonds. The maximum Gasteiger partial charge on any atom is 0.213 e. The number of thiophene rings is 1. The number of hydrogen-bond acceptors (Lipinski definition) is 5. The van der Waals surface area contributed by atoms with Gasteiger partial charge < -0.3 is 10.1 Å². The van der Waals surface area contributed by atoms with Crippen LogP contribution in [0.25, 0.3) is 0 Å². The Kier molecular flexibility index (Phi) is 4.85. The molecule has 0 aliphatic carbocycles. The number of hydrogen-bond donors (Lipinski definition) is 1. The van der Waals surface area contributed by atoms with Crippen LogP contribution >= 0.6 is 11.3 Å². The van der Waals surface area contributed by atoms with Crippen molar-refractivity contribution in [2.24, 2.45) is 0 Å². The minimum Gasteiger partial charge on any atom is -0.472 e. The molecule has 0 radical (unpaired) electrons. The van der Waals surface area contributed by atoms with Crippen molar-refractivity contribution >= 4 is 17.1 Å². The Bertz CT molecular complexity index is 648. The number of aromatic nitrogens is 1. The Balaban J connectivity index is 1.63. The largest absolute Gasteiger partial charge is 0.472 e. The summed E-state index contributed by atoms with van der Waals surface area (Å²) in [6, 6.07) is 9.78. The van der Waals surface area contributed by atoms with E-state index >= 15 is 0 Å². The smallest absolute Gasteiger partial charge is 0.213 e. The first-order chi connectivity index (χ1) is 10.7. The number of carbonyl (C=O) groups is 1. The molecule has 4 nitrogen and oxygen atoms in total. The summed E-state index contributed by atoms with van der Waals surface area (Å²) in [5, 5.41) is 3.37. The summed E-state index contributed by atoms with van der Waals surface area (Å²) in [5.74, 6) is 1.28. The number of nitrogens with one attached hydrogen (secondary N) is 1. The van der Waals surface area contributed by atoms with E-state index in [1.807, 2.05) is 24.3 Å². The van der Waals surface area contributed by atoms with E-state index in [0.717, 1.165) is 41.4 Å². The average Bonchev–Trinajstić information content (AvgIpc) is 3.03. The van der Waals surface area contributed by atoms with E-state index in [1.165, 1.54) is 11.3 Å². The van der Waals surface area contributed by atoms with E-state index in [2.05, 4.69) is 16.4 Å². The second kappa shape index (κ2) is 7.03. The van der Waals surface area contributed by atoms with Crippen LogP contribution in [0.4, 0.5) is 0 Å². The van der Waals surface area contributed by atoms with Gasteiger partial charge in [0.1, 0.15) is 6.61 Å². The lowest BCUT2D eigenvalue weighted by atomic mass is 9.94. The van der Waals surface area contributed by atoms with Crippen molar-refractivity contribution in [2.45, 2.75) is 32.3 Å². The Morgan fingerprint density at radius 3 is 2.86 bits per heavy atom. The maximum atomic E-state index is 11.3. The summed E-state index contributed by atoms with van der Waals surface area (Å²) < 4.78 is 5.79. The van der Waals surface area contributed by atoms with Gasteiger partial charge in [0.05, 0.1) is 4.88 Å². The third kappa shape index (κ3) is 3.72. The van der Waals surface area contributed by atoms with E-state index in [9.17, 15) is 4.79 Å². The molecule has 0 saturated carbocycles. The van der Waals surface area contributed by atoms with Crippen LogP contribution in [-0.2, 0) is 6.61 Å². The monoisotopic (exact) mass is 316 g/mol. The highest BCUT2D eigenvalue weighted by atomic mass is 32.1. The highest BCUT2D eigenvalue weighted by molar-refractivity contribution is 7.14. The van der Waals surface area contributed by atoms with Gasteiger partial charge in [-0.2, -0.15) is 0 Å². The number of Topliss-reactive ketones (excluding diaryl/α,β-unsaturated/α-hetero) is 1. The molecular weight excluding hydrogens is 296 g/mol. The van der Waals surface area contributed by atoms with Crippen LogP contribution in [0.5, 0.6) is 5.88 Å². The molecule has 1 fully saturated rings. The van der Waals surface area contributed by atoms with Gasteiger partial charge in [-0.05, 0) is 51.1 Å². The molecule has 1 aliphatic heterocycles. The number of nitrogens with zero attached hydrogens (tertiary/aromatic N) is 1. The minimum absolute atomic E-state index is 0.0993. The highest BCUT2D eigenvalue weighted by Crippen LogP contribution is 2.25. The SMILES string of the molecule is CC(=O)c1ccc(COc2cccc(C3CCNCC3)n2)s1. The van der Waals surface area contributed by atoms with Crippen molar-refractivity contribution in [1.82, 2.24) is 10.3 Å². The van der Waals surface area contributed by atoms with Crippen LogP contribution in [-0.4, -0.2) is 23.9 Å². The fourth-order valence-electron chi connectivity index (χ4n) is 2.65. The average molecular weight is 316 g/mol. The molecule has 1 aliphatic rings. The van der Waals surface area contributed by atoms with Crippen molar-refractivity contribution in [3.63, 3.8) is 0 Å². The zero-order valence-electron chi connectivity index (χ0n) is 12.7. The number of rotatable bonds is 5. The van der Waals surface area contributed by atoms with Gasteiger partial charge in [-0.3, -0.25) is 4.79 Å². The Hall–Kier alpha value is -1.72. The lowest BCUT2D eigenvalue weighted by molar-refractivity contribution is 0.102. The first-order valence-corrected chi connectivity index (χ1v) is 8.44. The number of carbonyl (C=O) groups excluding carboxylic acids is 1. The van der Waals surface area contributed by atoms with Gasteiger partial charge in [0.2, 0.25) is 5.88 Å². The summed E-state index contributed by atoms with van der Waals surface area (Å²) in [4.78, 5) is 17.8. The molecule has 0 unspecified atom stereocenters. The molecule has 1 saturated heterocycles. The summed E-state index contributed by atoms with van der Waals surface area (Å²) >= 11 is 1.48. The van der Waals surface area contributed by atoms with Gasteiger partial charge in [0.15, 0.2) is 5.78 Å². The third-order valence-corrected chi connectivity index (χ3v) is 5.03. The van der Waals surface area contributed by atoms with Crippen LogP contribution in [0.3, 0.4) is 0 Å². The van der Waals surface area contributed by atoms with Crippen molar-refractivity contribution in [3.05, 3.63) is 45.8 Å². The number of pyridine rings is 1. The molecule has 0 aromatic carbocycles. The zero-order chi connectivity index (χ0) is 15.4. The van der Waals surface area contributed by atoms with Crippen LogP contribution in [0, 0.1) is 0 Å². The van der Waals surface area contributed by atoms with Gasteiger partial charge in [-0.1, -0.05) is 6.07 Å². The fourth-order valence-corrected chi connectivity index (χ4v) is 3.46. The Morgan fingerprint density at radius 2 is 2.14 bits per heavy atom. The van der Waals surface area contributed by atoms with Gasteiger partial charge in [0, 0.05) is 22.6 Å². The molecule has 0 bridgehead atoms. The van der Waals surface area contributed by atoms with Crippen molar-refractivity contribution in [1.29, 1.82) is 0 Å². The molecule has 0 spiro atoms. The van der Waals surface area contributed by atoms with Crippen molar-refractivity contribution in [2.75, 3.05) is 13.1 Å². The third-order valence-electron chi connectivity index (χ3n) is 3.87. The predicted octanol–water partition coefficient (Wildman–Crippen LogP) is 3.39. The van der Waals surface area contributed by atoms with E-state index in [0.29, 0.717) is 18.4 Å². The van der Waals surface area contributed by atoms with E-state index in [-0.39, 0.29) is 5.78 Å². The van der Waals surface area contributed by atoms with Crippen LogP contribution < -0.4 is 10.1 Å². The maximum absolute atomic E-state index is 11.3. The molecule has 2 aromatic rings. The fraction of sp³-hybridized carbons (Fsp3) is 0.412. The van der Waals surface area contributed by atoms with Gasteiger partial charge in [-0.25, -0.2) is 4.98 Å². The van der Waals surface area contributed by atoms with Crippen LogP contribution in [0.15, 0.2) is 30.3 Å². The van der Waals surface area contributed by atoms with Gasteiger partial charge in [-0.15, -0.1) is 11.3 Å². The summed E-state index contributed by atoms with van der Waals surface area (Å²) in [6.45, 7) is 4.15. The van der Waals surface area contributed by atoms with Crippen molar-refractivity contribution < 1.29 is 9.53 Å². The molecule has 0 atom stereocenters. The summed E-state index contributed by atoms with van der Waals surface area (Å²) in [5.41, 5.74) is 1.12. The minimum atomic E-state index is 0.0993. The second-order valence-electron chi connectivity index (χ2n) is 5.54. The molecule has 3 heterocycles. The molecule has 3 rings (SSSR count). The number of ether oxygens (including phenoxy) is 1. The lowest BCUT2D eigenvalue weighted by Crippen LogP contribution is -2.27. The molecule has 5 heteroatoms. The topological polar surface area (TPSA) is 51.2 Å². The Labute approximate surface area is 134 Å². The standard InChI is InChI=1S/C17H20N2O2S/c1-12(20)16-6-5-14(22-16)11-21-17-4-2-3-15(19-17)13-7-9-18-10-8-13/h2-6,13,18H,7-11H2,1H3. The van der Waals surface area contributed by atoms with E-state index in [1.54, 1.807) is 6.92 Å². The predicted molar refractivity (Wildman–Crippen MR) is 87.7 cm³/mol. The van der Waals surface area contributed by atoms with Crippen molar-refractivity contribution in [3.8, 4) is 5.88 Å². The molecular formula is C17H20N2O2S. The molecule has 22 heavy (non-hydrogen) atoms. The van der Waals surface area contributed by atoms with E-state index < -0.39 is 0 Å². The number of ketones is 1. The van der Waals surface area contributed by atoms with Gasteiger partial charge in [0.25, 0.3) is 0 Å². The van der Waals surface area contributed by atoms with Gasteiger partial charge >= 0.3 is 0 Å². The quantitative estimate of drug-likeness (QED) is 0.859. The summed E-state index contributed by atoms with van der Waals surface area (Å²) in [7, 11) is 0. The Morgan fingerprint density at radius 1 is 1.32 bits per heavy atom. The molecule has 1 N–H and O–H groups in total. The zero-order valence-corrected chi connectivity index (χ0v) is 13.5. The summed E-state index contributed by atoms with van der Waals surface area (Å²) in [6.07, 6.45) is 2.26. The first kappa shape index (κ1) is 15.2. The molecule has 2 aromatic heterocycles. The first-order valence-electron chi connectivity index (χ1n) is 7.62. The lowest BCUT2D eigenvalue weighted by Gasteiger charge is -2.22.